The summed E-state index contributed by atoms with van der Waals surface area (Å²) in [7, 11) is 0. The Kier molecular flexibility index (Phi) is 5.17. The maximum atomic E-state index is 13.7. The third-order valence-electron chi connectivity index (χ3n) is 3.70. The van der Waals surface area contributed by atoms with Gasteiger partial charge in [-0.1, -0.05) is 24.3 Å². The van der Waals surface area contributed by atoms with E-state index >= 15 is 0 Å². The highest BCUT2D eigenvalue weighted by atomic mass is 19.1. The van der Waals surface area contributed by atoms with Crippen molar-refractivity contribution in [3.05, 3.63) is 78.1 Å². The van der Waals surface area contributed by atoms with E-state index in [1.165, 1.54) is 18.3 Å². The first-order valence-electron chi connectivity index (χ1n) is 8.01. The Bertz CT molecular complexity index is 898. The fourth-order valence-corrected chi connectivity index (χ4v) is 2.45. The summed E-state index contributed by atoms with van der Waals surface area (Å²) in [6.07, 6.45) is 1.43. The van der Waals surface area contributed by atoms with Crippen LogP contribution in [-0.2, 0) is 0 Å². The van der Waals surface area contributed by atoms with Gasteiger partial charge in [0.15, 0.2) is 0 Å². The lowest BCUT2D eigenvalue weighted by molar-refractivity contribution is 0.102. The van der Waals surface area contributed by atoms with Crippen LogP contribution in [0.3, 0.4) is 0 Å². The van der Waals surface area contributed by atoms with Gasteiger partial charge in [0.1, 0.15) is 23.0 Å². The van der Waals surface area contributed by atoms with Crippen LogP contribution in [0.2, 0.25) is 0 Å². The van der Waals surface area contributed by atoms with Crippen LogP contribution >= 0.6 is 0 Å². The van der Waals surface area contributed by atoms with Crippen molar-refractivity contribution in [2.24, 2.45) is 0 Å². The van der Waals surface area contributed by atoms with Gasteiger partial charge in [-0.2, -0.15) is 0 Å². The summed E-state index contributed by atoms with van der Waals surface area (Å²) < 4.78 is 27.4. The van der Waals surface area contributed by atoms with E-state index in [1.807, 2.05) is 42.2 Å². The SMILES string of the molecule is CCN(c1ccccc1)c1nccc(C(=O)Nc2c(F)cccc2F)n1. The molecule has 5 nitrogen and oxygen atoms in total. The predicted molar refractivity (Wildman–Crippen MR) is 95.5 cm³/mol. The second-order valence-corrected chi connectivity index (χ2v) is 5.37. The van der Waals surface area contributed by atoms with Crippen molar-refractivity contribution in [1.82, 2.24) is 9.97 Å². The minimum Gasteiger partial charge on any atom is -0.316 e. The molecule has 1 aromatic heterocycles. The van der Waals surface area contributed by atoms with Crippen molar-refractivity contribution in [3.8, 4) is 0 Å². The molecule has 1 amide bonds. The number of nitrogens with one attached hydrogen (secondary N) is 1. The molecule has 0 aliphatic rings. The topological polar surface area (TPSA) is 58.1 Å². The van der Waals surface area contributed by atoms with Crippen LogP contribution in [0.1, 0.15) is 17.4 Å². The maximum absolute atomic E-state index is 13.7. The molecule has 7 heteroatoms. The standard InChI is InChI=1S/C19H16F2N4O/c1-2-25(13-7-4-3-5-8-13)19-22-12-11-16(23-19)18(26)24-17-14(20)9-6-10-15(17)21/h3-12H,2H2,1H3,(H,24,26). The Morgan fingerprint density at radius 2 is 1.73 bits per heavy atom. The van der Waals surface area contributed by atoms with E-state index in [2.05, 4.69) is 15.3 Å². The first kappa shape index (κ1) is 17.5. The summed E-state index contributed by atoms with van der Waals surface area (Å²) in [6.45, 7) is 2.51. The number of amides is 1. The largest absolute Gasteiger partial charge is 0.316 e. The van der Waals surface area contributed by atoms with Gasteiger partial charge in [-0.3, -0.25) is 4.79 Å². The molecule has 0 bridgehead atoms. The van der Waals surface area contributed by atoms with Crippen molar-refractivity contribution in [3.63, 3.8) is 0 Å². The number of carbonyl (C=O) groups excluding carboxylic acids is 1. The van der Waals surface area contributed by atoms with E-state index in [1.54, 1.807) is 0 Å². The molecule has 132 valence electrons. The number of rotatable bonds is 5. The van der Waals surface area contributed by atoms with Crippen LogP contribution in [0.4, 0.5) is 26.1 Å². The zero-order chi connectivity index (χ0) is 18.5. The van der Waals surface area contributed by atoms with Crippen LogP contribution < -0.4 is 10.2 Å². The molecule has 0 aliphatic heterocycles. The quantitative estimate of drug-likeness (QED) is 0.747. The summed E-state index contributed by atoms with van der Waals surface area (Å²) in [5.41, 5.74) is 0.368. The molecule has 0 aliphatic carbocycles. The minimum atomic E-state index is -0.855. The number of nitrogens with zero attached hydrogens (tertiary/aromatic N) is 3. The van der Waals surface area contributed by atoms with Gasteiger partial charge in [0, 0.05) is 18.4 Å². The van der Waals surface area contributed by atoms with Crippen LogP contribution in [0.15, 0.2) is 60.8 Å². The number of hydrogen-bond acceptors (Lipinski definition) is 4. The average Bonchev–Trinajstić information content (AvgIpc) is 2.66. The minimum absolute atomic E-state index is 0.00651. The summed E-state index contributed by atoms with van der Waals surface area (Å²) in [6, 6.07) is 14.2. The Morgan fingerprint density at radius 1 is 1.04 bits per heavy atom. The molecular weight excluding hydrogens is 338 g/mol. The molecule has 0 saturated carbocycles. The first-order chi connectivity index (χ1) is 12.6. The number of halogens is 2. The number of aromatic nitrogens is 2. The van der Waals surface area contributed by atoms with Gasteiger partial charge in [0.2, 0.25) is 5.95 Å². The normalized spacial score (nSPS) is 10.4. The van der Waals surface area contributed by atoms with Crippen LogP contribution in [0, 0.1) is 11.6 Å². The zero-order valence-electron chi connectivity index (χ0n) is 14.0. The molecule has 1 heterocycles. The maximum Gasteiger partial charge on any atom is 0.274 e. The van der Waals surface area contributed by atoms with E-state index in [9.17, 15) is 13.6 Å². The van der Waals surface area contributed by atoms with E-state index in [0.717, 1.165) is 17.8 Å². The summed E-state index contributed by atoms with van der Waals surface area (Å²) in [5.74, 6) is -2.11. The van der Waals surface area contributed by atoms with Crippen molar-refractivity contribution < 1.29 is 13.6 Å². The molecule has 0 unspecified atom stereocenters. The lowest BCUT2D eigenvalue weighted by atomic mass is 10.2. The van der Waals surface area contributed by atoms with Crippen LogP contribution in [-0.4, -0.2) is 22.4 Å². The second kappa shape index (κ2) is 7.69. The number of hydrogen-bond donors (Lipinski definition) is 1. The van der Waals surface area contributed by atoms with Gasteiger partial charge in [0.05, 0.1) is 0 Å². The lowest BCUT2D eigenvalue weighted by Crippen LogP contribution is -2.21. The Balaban J connectivity index is 1.88. The fraction of sp³-hybridized carbons (Fsp3) is 0.105. The summed E-state index contributed by atoms with van der Waals surface area (Å²) in [4.78, 5) is 22.6. The van der Waals surface area contributed by atoms with Gasteiger partial charge >= 0.3 is 0 Å². The van der Waals surface area contributed by atoms with Crippen LogP contribution in [0.5, 0.6) is 0 Å². The Labute approximate surface area is 149 Å². The van der Waals surface area contributed by atoms with E-state index in [0.29, 0.717) is 12.5 Å². The van der Waals surface area contributed by atoms with Crippen molar-refractivity contribution in [2.75, 3.05) is 16.8 Å². The predicted octanol–water partition coefficient (Wildman–Crippen LogP) is 4.17. The van der Waals surface area contributed by atoms with Crippen molar-refractivity contribution in [2.45, 2.75) is 6.92 Å². The number of anilines is 3. The third kappa shape index (κ3) is 3.66. The first-order valence-corrected chi connectivity index (χ1v) is 8.01. The van der Waals surface area contributed by atoms with Gasteiger partial charge in [-0.05, 0) is 37.3 Å². The summed E-state index contributed by atoms with van der Waals surface area (Å²) in [5, 5.41) is 2.22. The van der Waals surface area contributed by atoms with E-state index in [-0.39, 0.29) is 5.69 Å². The van der Waals surface area contributed by atoms with Crippen LogP contribution in [0.25, 0.3) is 0 Å². The van der Waals surface area contributed by atoms with E-state index < -0.39 is 23.2 Å². The van der Waals surface area contributed by atoms with Crippen molar-refractivity contribution >= 4 is 23.2 Å². The lowest BCUT2D eigenvalue weighted by Gasteiger charge is -2.21. The highest BCUT2D eigenvalue weighted by Gasteiger charge is 2.17. The average molecular weight is 354 g/mol. The molecule has 1 N–H and O–H groups in total. The zero-order valence-corrected chi connectivity index (χ0v) is 14.0. The number of para-hydroxylation sites is 2. The molecule has 0 fully saturated rings. The molecule has 0 spiro atoms. The second-order valence-electron chi connectivity index (χ2n) is 5.37. The van der Waals surface area contributed by atoms with Gasteiger partial charge in [0.25, 0.3) is 5.91 Å². The molecule has 3 rings (SSSR count). The molecule has 0 saturated heterocycles. The highest BCUT2D eigenvalue weighted by Crippen LogP contribution is 2.22. The Morgan fingerprint density at radius 3 is 2.38 bits per heavy atom. The molecule has 26 heavy (non-hydrogen) atoms. The Hall–Kier alpha value is -3.35. The number of carbonyl (C=O) groups is 1. The van der Waals surface area contributed by atoms with Gasteiger partial charge in [-0.15, -0.1) is 0 Å². The highest BCUT2D eigenvalue weighted by molar-refractivity contribution is 6.03. The summed E-state index contributed by atoms with van der Waals surface area (Å²) >= 11 is 0. The fourth-order valence-electron chi connectivity index (χ4n) is 2.45. The smallest absolute Gasteiger partial charge is 0.274 e. The molecule has 0 atom stereocenters. The van der Waals surface area contributed by atoms with Crippen molar-refractivity contribution in [1.29, 1.82) is 0 Å². The van der Waals surface area contributed by atoms with Gasteiger partial charge < -0.3 is 10.2 Å². The van der Waals surface area contributed by atoms with Gasteiger partial charge in [-0.25, -0.2) is 18.7 Å². The number of benzene rings is 2. The monoisotopic (exact) mass is 354 g/mol. The molecule has 3 aromatic rings. The van der Waals surface area contributed by atoms with E-state index in [4.69, 9.17) is 0 Å². The third-order valence-corrected chi connectivity index (χ3v) is 3.70. The molecule has 2 aromatic carbocycles. The molecule has 0 radical (unpaired) electrons. The molecular formula is C19H16F2N4O.